The Balaban J connectivity index is 2.38. The molecule has 0 aromatic heterocycles. The van der Waals surface area contributed by atoms with Crippen LogP contribution in [0, 0.1) is 12.8 Å². The van der Waals surface area contributed by atoms with Crippen molar-refractivity contribution in [3.8, 4) is 0 Å². The van der Waals surface area contributed by atoms with E-state index in [0.717, 1.165) is 0 Å². The molecule has 0 amide bonds. The molecule has 0 N–H and O–H groups in total. The van der Waals surface area contributed by atoms with Crippen LogP contribution in [0.2, 0.25) is 0 Å². The molecule has 0 nitrogen and oxygen atoms in total. The maximum absolute atomic E-state index is 4.29. The third-order valence-corrected chi connectivity index (χ3v) is 4.07. The molecule has 0 heteroatoms. The lowest BCUT2D eigenvalue weighted by atomic mass is 9.77. The first-order chi connectivity index (χ1) is 7.04. The first-order valence-electron chi connectivity index (χ1n) is 5.80. The summed E-state index contributed by atoms with van der Waals surface area (Å²) in [4.78, 5) is 0. The van der Waals surface area contributed by atoms with Crippen LogP contribution >= 0.6 is 0 Å². The first kappa shape index (κ1) is 10.5. The van der Waals surface area contributed by atoms with E-state index in [2.05, 4.69) is 51.6 Å². The predicted octanol–water partition coefficient (Wildman–Crippen LogP) is 4.24. The van der Waals surface area contributed by atoms with Gasteiger partial charge in [-0.15, -0.1) is 0 Å². The molecule has 1 aromatic rings. The summed E-state index contributed by atoms with van der Waals surface area (Å²) in [6.07, 6.45) is 2.53. The van der Waals surface area contributed by atoms with E-state index in [-0.39, 0.29) is 5.41 Å². The van der Waals surface area contributed by atoms with Crippen LogP contribution in [0.4, 0.5) is 0 Å². The average molecular weight is 200 g/mol. The number of aryl methyl sites for hydroxylation is 1. The lowest BCUT2D eigenvalue weighted by molar-refractivity contribution is 0.573. The zero-order valence-electron chi connectivity index (χ0n) is 10.0. The van der Waals surface area contributed by atoms with Gasteiger partial charge in [0, 0.05) is 5.41 Å². The van der Waals surface area contributed by atoms with Crippen LogP contribution < -0.4 is 0 Å². The van der Waals surface area contributed by atoms with Crippen LogP contribution in [-0.4, -0.2) is 0 Å². The van der Waals surface area contributed by atoms with Gasteiger partial charge in [-0.25, -0.2) is 0 Å². The van der Waals surface area contributed by atoms with Crippen molar-refractivity contribution in [2.45, 2.75) is 39.0 Å². The number of hydrogen-bond donors (Lipinski definition) is 0. The van der Waals surface area contributed by atoms with Crippen LogP contribution in [0.5, 0.6) is 0 Å². The maximum atomic E-state index is 4.29. The monoisotopic (exact) mass is 200 g/mol. The predicted molar refractivity (Wildman–Crippen MR) is 66.1 cm³/mol. The molecule has 1 aromatic carbocycles. The van der Waals surface area contributed by atoms with Crippen molar-refractivity contribution in [1.82, 2.24) is 0 Å². The molecule has 0 saturated heterocycles. The topological polar surface area (TPSA) is 0 Å². The van der Waals surface area contributed by atoms with Gasteiger partial charge in [-0.1, -0.05) is 55.8 Å². The largest absolute Gasteiger partial charge is 0.0987 e. The fourth-order valence-corrected chi connectivity index (χ4v) is 2.63. The molecule has 1 saturated carbocycles. The highest BCUT2D eigenvalue weighted by Crippen LogP contribution is 2.47. The second-order valence-corrected chi connectivity index (χ2v) is 5.16. The molecule has 0 heterocycles. The van der Waals surface area contributed by atoms with E-state index in [1.165, 1.54) is 29.5 Å². The zero-order valence-corrected chi connectivity index (χ0v) is 10.0. The van der Waals surface area contributed by atoms with Crippen LogP contribution in [0.15, 0.2) is 36.4 Å². The van der Waals surface area contributed by atoms with E-state index in [1.54, 1.807) is 0 Å². The summed E-state index contributed by atoms with van der Waals surface area (Å²) >= 11 is 0. The van der Waals surface area contributed by atoms with Crippen molar-refractivity contribution in [3.63, 3.8) is 0 Å². The SMILES string of the molecule is C=C1[C@H](C)CC[C@@]1(C)c1ccc(C)cc1. The Kier molecular flexibility index (Phi) is 2.46. The summed E-state index contributed by atoms with van der Waals surface area (Å²) in [6, 6.07) is 8.94. The van der Waals surface area contributed by atoms with Crippen molar-refractivity contribution in [3.05, 3.63) is 47.5 Å². The smallest absolute Gasteiger partial charge is 0.0133 e. The molecule has 0 bridgehead atoms. The zero-order chi connectivity index (χ0) is 11.1. The van der Waals surface area contributed by atoms with Gasteiger partial charge in [0.15, 0.2) is 0 Å². The Labute approximate surface area is 93.0 Å². The maximum Gasteiger partial charge on any atom is 0.0133 e. The normalized spacial score (nSPS) is 30.9. The Morgan fingerprint density at radius 3 is 2.33 bits per heavy atom. The molecule has 1 aliphatic rings. The van der Waals surface area contributed by atoms with E-state index >= 15 is 0 Å². The van der Waals surface area contributed by atoms with Crippen LogP contribution in [0.25, 0.3) is 0 Å². The Hall–Kier alpha value is -1.04. The van der Waals surface area contributed by atoms with Gasteiger partial charge in [0.05, 0.1) is 0 Å². The van der Waals surface area contributed by atoms with Gasteiger partial charge in [-0.3, -0.25) is 0 Å². The van der Waals surface area contributed by atoms with Crippen molar-refractivity contribution in [1.29, 1.82) is 0 Å². The average Bonchev–Trinajstić information content (AvgIpc) is 2.48. The van der Waals surface area contributed by atoms with E-state index in [0.29, 0.717) is 5.92 Å². The lowest BCUT2D eigenvalue weighted by Gasteiger charge is -2.27. The van der Waals surface area contributed by atoms with Crippen LogP contribution in [0.1, 0.15) is 37.8 Å². The molecule has 1 fully saturated rings. The van der Waals surface area contributed by atoms with Crippen LogP contribution in [0.3, 0.4) is 0 Å². The summed E-state index contributed by atoms with van der Waals surface area (Å²) in [5.74, 6) is 0.677. The van der Waals surface area contributed by atoms with Gasteiger partial charge in [0.2, 0.25) is 0 Å². The van der Waals surface area contributed by atoms with Crippen molar-refractivity contribution < 1.29 is 0 Å². The molecule has 0 spiro atoms. The summed E-state index contributed by atoms with van der Waals surface area (Å²) in [5, 5.41) is 0. The van der Waals surface area contributed by atoms with Crippen LogP contribution in [-0.2, 0) is 5.41 Å². The van der Waals surface area contributed by atoms with E-state index < -0.39 is 0 Å². The second kappa shape index (κ2) is 3.52. The van der Waals surface area contributed by atoms with E-state index in [9.17, 15) is 0 Å². The highest BCUT2D eigenvalue weighted by atomic mass is 14.4. The minimum absolute atomic E-state index is 0.215. The first-order valence-corrected chi connectivity index (χ1v) is 5.80. The fourth-order valence-electron chi connectivity index (χ4n) is 2.63. The Morgan fingerprint density at radius 2 is 1.87 bits per heavy atom. The van der Waals surface area contributed by atoms with E-state index in [4.69, 9.17) is 0 Å². The van der Waals surface area contributed by atoms with Gasteiger partial charge in [0.25, 0.3) is 0 Å². The third-order valence-electron chi connectivity index (χ3n) is 4.07. The number of allylic oxidation sites excluding steroid dienone is 1. The van der Waals surface area contributed by atoms with Gasteiger partial charge < -0.3 is 0 Å². The van der Waals surface area contributed by atoms with Crippen molar-refractivity contribution in [2.24, 2.45) is 5.92 Å². The fraction of sp³-hybridized carbons (Fsp3) is 0.467. The molecule has 1 aliphatic carbocycles. The molecular weight excluding hydrogens is 180 g/mol. The lowest BCUT2D eigenvalue weighted by Crippen LogP contribution is -2.20. The molecule has 2 atom stereocenters. The van der Waals surface area contributed by atoms with Gasteiger partial charge >= 0.3 is 0 Å². The molecule has 0 aliphatic heterocycles. The van der Waals surface area contributed by atoms with Crippen molar-refractivity contribution in [2.75, 3.05) is 0 Å². The third kappa shape index (κ3) is 1.62. The van der Waals surface area contributed by atoms with Gasteiger partial charge in [-0.2, -0.15) is 0 Å². The summed E-state index contributed by atoms with van der Waals surface area (Å²) < 4.78 is 0. The standard InChI is InChI=1S/C15H20/c1-11-5-7-14(8-6-11)15(4)10-9-12(2)13(15)3/h5-8,12H,3,9-10H2,1-2,4H3/t12-,15-/m1/s1. The quantitative estimate of drug-likeness (QED) is 0.595. The van der Waals surface area contributed by atoms with Gasteiger partial charge in [-0.05, 0) is 31.2 Å². The highest BCUT2D eigenvalue weighted by Gasteiger charge is 2.37. The number of benzene rings is 1. The minimum atomic E-state index is 0.215. The highest BCUT2D eigenvalue weighted by molar-refractivity contribution is 5.38. The number of hydrogen-bond acceptors (Lipinski definition) is 0. The Bertz CT molecular complexity index is 372. The molecule has 2 rings (SSSR count). The molecule has 80 valence electrons. The van der Waals surface area contributed by atoms with Crippen molar-refractivity contribution >= 4 is 0 Å². The number of rotatable bonds is 1. The summed E-state index contributed by atoms with van der Waals surface area (Å²) in [5.41, 5.74) is 4.39. The van der Waals surface area contributed by atoms with Gasteiger partial charge in [0.1, 0.15) is 0 Å². The Morgan fingerprint density at radius 1 is 1.27 bits per heavy atom. The summed E-state index contributed by atoms with van der Waals surface area (Å²) in [6.45, 7) is 11.1. The van der Waals surface area contributed by atoms with E-state index in [1.807, 2.05) is 0 Å². The minimum Gasteiger partial charge on any atom is -0.0987 e. The summed E-state index contributed by atoms with van der Waals surface area (Å²) in [7, 11) is 0. The molecule has 0 radical (unpaired) electrons. The second-order valence-electron chi connectivity index (χ2n) is 5.16. The molecule has 0 unspecified atom stereocenters. The molecular formula is C15H20. The molecule has 15 heavy (non-hydrogen) atoms.